The van der Waals surface area contributed by atoms with Crippen LogP contribution in [0.15, 0.2) is 22.7 Å². The zero-order valence-corrected chi connectivity index (χ0v) is 11.9. The summed E-state index contributed by atoms with van der Waals surface area (Å²) in [6.07, 6.45) is 3.89. The Bertz CT molecular complexity index is 394. The van der Waals surface area contributed by atoms with E-state index >= 15 is 0 Å². The third-order valence-electron chi connectivity index (χ3n) is 3.97. The fourth-order valence-electron chi connectivity index (χ4n) is 3.00. The van der Waals surface area contributed by atoms with E-state index in [1.165, 1.54) is 24.8 Å². The Kier molecular flexibility index (Phi) is 4.21. The Hall–Kier alpha value is -0.410. The number of hydrogen-bond donors (Lipinski definition) is 1. The normalized spacial score (nSPS) is 26.1. The van der Waals surface area contributed by atoms with Gasteiger partial charge in [-0.05, 0) is 58.9 Å². The smallest absolute Gasteiger partial charge is 0.137 e. The molecule has 1 aromatic rings. The second-order valence-electron chi connectivity index (χ2n) is 5.01. The lowest BCUT2D eigenvalue weighted by molar-refractivity contribution is 0.315. The largest absolute Gasteiger partial charge is 0.313 e. The highest BCUT2D eigenvalue weighted by Crippen LogP contribution is 2.40. The third kappa shape index (κ3) is 2.71. The summed E-state index contributed by atoms with van der Waals surface area (Å²) >= 11 is 3.26. The van der Waals surface area contributed by atoms with E-state index in [-0.39, 0.29) is 5.82 Å². The van der Waals surface area contributed by atoms with Gasteiger partial charge >= 0.3 is 0 Å². The Morgan fingerprint density at radius 3 is 2.71 bits per heavy atom. The number of halogens is 2. The monoisotopic (exact) mass is 299 g/mol. The quantitative estimate of drug-likeness (QED) is 0.878. The molecule has 3 heteroatoms. The van der Waals surface area contributed by atoms with Gasteiger partial charge in [0.15, 0.2) is 0 Å². The maximum Gasteiger partial charge on any atom is 0.137 e. The van der Waals surface area contributed by atoms with Gasteiger partial charge in [-0.1, -0.05) is 25.8 Å². The molecule has 1 saturated carbocycles. The van der Waals surface area contributed by atoms with Crippen LogP contribution in [0.5, 0.6) is 0 Å². The first-order valence-electron chi connectivity index (χ1n) is 6.25. The Morgan fingerprint density at radius 1 is 1.41 bits per heavy atom. The number of rotatable bonds is 3. The van der Waals surface area contributed by atoms with Crippen LogP contribution in [0.4, 0.5) is 4.39 Å². The van der Waals surface area contributed by atoms with Crippen molar-refractivity contribution in [2.24, 2.45) is 11.8 Å². The maximum absolute atomic E-state index is 13.3. The second kappa shape index (κ2) is 5.49. The molecule has 1 aromatic carbocycles. The maximum atomic E-state index is 13.3. The molecule has 2 rings (SSSR count). The number of benzene rings is 1. The third-order valence-corrected chi connectivity index (χ3v) is 4.58. The predicted octanol–water partition coefficient (Wildman–Crippen LogP) is 4.28. The average molecular weight is 300 g/mol. The van der Waals surface area contributed by atoms with Crippen molar-refractivity contribution in [1.29, 1.82) is 0 Å². The van der Waals surface area contributed by atoms with Gasteiger partial charge in [-0.25, -0.2) is 4.39 Å². The molecule has 1 nitrogen and oxygen atoms in total. The van der Waals surface area contributed by atoms with Crippen molar-refractivity contribution in [3.8, 4) is 0 Å². The molecule has 0 heterocycles. The van der Waals surface area contributed by atoms with Crippen LogP contribution in [0, 0.1) is 17.7 Å². The van der Waals surface area contributed by atoms with E-state index in [1.807, 2.05) is 19.2 Å². The van der Waals surface area contributed by atoms with Crippen molar-refractivity contribution >= 4 is 15.9 Å². The van der Waals surface area contributed by atoms with Gasteiger partial charge in [-0.15, -0.1) is 0 Å². The lowest BCUT2D eigenvalue weighted by Crippen LogP contribution is -2.26. The predicted molar refractivity (Wildman–Crippen MR) is 72.4 cm³/mol. The Balaban J connectivity index is 2.25. The van der Waals surface area contributed by atoms with Crippen LogP contribution in [-0.2, 0) is 0 Å². The molecule has 0 spiro atoms. The Morgan fingerprint density at radius 2 is 2.18 bits per heavy atom. The van der Waals surface area contributed by atoms with Crippen LogP contribution >= 0.6 is 15.9 Å². The van der Waals surface area contributed by atoms with Crippen molar-refractivity contribution in [2.75, 3.05) is 7.05 Å². The Labute approximate surface area is 111 Å². The molecule has 1 aliphatic carbocycles. The molecule has 0 saturated heterocycles. The van der Waals surface area contributed by atoms with E-state index in [1.54, 1.807) is 6.07 Å². The molecule has 94 valence electrons. The minimum atomic E-state index is -0.192. The summed E-state index contributed by atoms with van der Waals surface area (Å²) in [5, 5.41) is 3.39. The number of nitrogens with one attached hydrogen (secondary N) is 1. The van der Waals surface area contributed by atoms with Crippen molar-refractivity contribution in [2.45, 2.75) is 32.2 Å². The first-order chi connectivity index (χ1) is 8.13. The molecular weight excluding hydrogens is 281 g/mol. The van der Waals surface area contributed by atoms with E-state index < -0.39 is 0 Å². The summed E-state index contributed by atoms with van der Waals surface area (Å²) in [5.41, 5.74) is 1.18. The van der Waals surface area contributed by atoms with E-state index in [9.17, 15) is 4.39 Å². The van der Waals surface area contributed by atoms with Crippen LogP contribution in [0.2, 0.25) is 0 Å². The van der Waals surface area contributed by atoms with Crippen LogP contribution in [0.1, 0.15) is 37.8 Å². The fraction of sp³-hybridized carbons (Fsp3) is 0.571. The molecule has 0 radical (unpaired) electrons. The van der Waals surface area contributed by atoms with Gasteiger partial charge in [0.05, 0.1) is 4.47 Å². The molecule has 1 N–H and O–H groups in total. The van der Waals surface area contributed by atoms with E-state index in [0.717, 1.165) is 5.92 Å². The van der Waals surface area contributed by atoms with Gasteiger partial charge in [-0.3, -0.25) is 0 Å². The molecule has 0 bridgehead atoms. The zero-order valence-electron chi connectivity index (χ0n) is 10.3. The SMILES string of the molecule is CNC(c1ccc(F)c(Br)c1)C1CCCC1C. The topological polar surface area (TPSA) is 12.0 Å². The molecule has 3 unspecified atom stereocenters. The first kappa shape index (κ1) is 13.0. The molecule has 3 atom stereocenters. The van der Waals surface area contributed by atoms with E-state index in [2.05, 4.69) is 28.2 Å². The highest BCUT2D eigenvalue weighted by molar-refractivity contribution is 9.10. The van der Waals surface area contributed by atoms with Crippen LogP contribution in [0.25, 0.3) is 0 Å². The standard InChI is InChI=1S/C14H19BrFN/c1-9-4-3-5-11(9)14(17-2)10-6-7-13(16)12(15)8-10/h6-9,11,14,17H,3-5H2,1-2H3. The van der Waals surface area contributed by atoms with Crippen molar-refractivity contribution in [3.05, 3.63) is 34.1 Å². The molecule has 17 heavy (non-hydrogen) atoms. The lowest BCUT2D eigenvalue weighted by atomic mass is 9.86. The molecular formula is C14H19BrFN. The highest BCUT2D eigenvalue weighted by atomic mass is 79.9. The first-order valence-corrected chi connectivity index (χ1v) is 7.05. The van der Waals surface area contributed by atoms with Gasteiger partial charge < -0.3 is 5.32 Å². The van der Waals surface area contributed by atoms with Gasteiger partial charge in [0, 0.05) is 6.04 Å². The van der Waals surface area contributed by atoms with Gasteiger partial charge in [0.25, 0.3) is 0 Å². The summed E-state index contributed by atoms with van der Waals surface area (Å²) in [5.74, 6) is 1.22. The lowest BCUT2D eigenvalue weighted by Gasteiger charge is -2.27. The molecule has 1 fully saturated rings. The van der Waals surface area contributed by atoms with Gasteiger partial charge in [0.2, 0.25) is 0 Å². The van der Waals surface area contributed by atoms with E-state index in [4.69, 9.17) is 0 Å². The van der Waals surface area contributed by atoms with Gasteiger partial charge in [0.1, 0.15) is 5.82 Å². The van der Waals surface area contributed by atoms with Crippen LogP contribution < -0.4 is 5.32 Å². The summed E-state index contributed by atoms with van der Waals surface area (Å²) in [6.45, 7) is 2.32. The van der Waals surface area contributed by atoms with Gasteiger partial charge in [-0.2, -0.15) is 0 Å². The zero-order chi connectivity index (χ0) is 12.4. The highest BCUT2D eigenvalue weighted by Gasteiger charge is 2.31. The summed E-state index contributed by atoms with van der Waals surface area (Å²) in [6, 6.07) is 5.68. The molecule has 0 amide bonds. The van der Waals surface area contributed by atoms with Crippen LogP contribution in [-0.4, -0.2) is 7.05 Å². The summed E-state index contributed by atoms with van der Waals surface area (Å²) < 4.78 is 13.8. The number of hydrogen-bond acceptors (Lipinski definition) is 1. The van der Waals surface area contributed by atoms with E-state index in [0.29, 0.717) is 16.4 Å². The van der Waals surface area contributed by atoms with Crippen molar-refractivity contribution in [3.63, 3.8) is 0 Å². The molecule has 0 aromatic heterocycles. The molecule has 1 aliphatic rings. The minimum absolute atomic E-state index is 0.192. The summed E-state index contributed by atoms with van der Waals surface area (Å²) in [4.78, 5) is 0. The molecule has 0 aliphatic heterocycles. The van der Waals surface area contributed by atoms with Crippen LogP contribution in [0.3, 0.4) is 0 Å². The second-order valence-corrected chi connectivity index (χ2v) is 5.87. The van der Waals surface area contributed by atoms with Crippen molar-refractivity contribution < 1.29 is 4.39 Å². The minimum Gasteiger partial charge on any atom is -0.313 e. The summed E-state index contributed by atoms with van der Waals surface area (Å²) in [7, 11) is 1.99. The fourth-order valence-corrected chi connectivity index (χ4v) is 3.40. The average Bonchev–Trinajstić information content (AvgIpc) is 2.71. The van der Waals surface area contributed by atoms with Crippen molar-refractivity contribution in [1.82, 2.24) is 5.32 Å².